The van der Waals surface area contributed by atoms with Crippen molar-refractivity contribution in [2.75, 3.05) is 0 Å². The molecule has 1 aromatic carbocycles. The number of aryl methyl sites for hydroxylation is 2. The molecule has 0 radical (unpaired) electrons. The Kier molecular flexibility index (Phi) is 3.43. The van der Waals surface area contributed by atoms with Crippen LogP contribution in [0.5, 0.6) is 11.6 Å². The lowest BCUT2D eigenvalue weighted by Crippen LogP contribution is -2.01. The third-order valence-corrected chi connectivity index (χ3v) is 2.90. The summed E-state index contributed by atoms with van der Waals surface area (Å²) in [5.41, 5.74) is 2.07. The molecule has 0 aliphatic carbocycles. The minimum atomic E-state index is -0.466. The van der Waals surface area contributed by atoms with Gasteiger partial charge in [-0.2, -0.15) is 10.4 Å². The van der Waals surface area contributed by atoms with Crippen molar-refractivity contribution >= 4 is 0 Å². The summed E-state index contributed by atoms with van der Waals surface area (Å²) in [6.45, 7) is 5.14. The summed E-state index contributed by atoms with van der Waals surface area (Å²) < 4.78 is 19.2. The van der Waals surface area contributed by atoms with Crippen molar-refractivity contribution in [3.8, 4) is 17.7 Å². The van der Waals surface area contributed by atoms with E-state index in [-0.39, 0.29) is 17.2 Å². The van der Waals surface area contributed by atoms with Gasteiger partial charge in [-0.15, -0.1) is 5.10 Å². The first-order chi connectivity index (χ1) is 9.04. The lowest BCUT2D eigenvalue weighted by atomic mass is 10.1. The van der Waals surface area contributed by atoms with Crippen LogP contribution in [-0.4, -0.2) is 10.2 Å². The molecule has 0 atom stereocenters. The van der Waals surface area contributed by atoms with Crippen LogP contribution in [0.2, 0.25) is 0 Å². The van der Waals surface area contributed by atoms with E-state index in [2.05, 4.69) is 10.2 Å². The smallest absolute Gasteiger partial charge is 0.257 e. The predicted molar refractivity (Wildman–Crippen MR) is 67.4 cm³/mol. The minimum Gasteiger partial charge on any atom is -0.433 e. The van der Waals surface area contributed by atoms with E-state index in [9.17, 15) is 4.39 Å². The van der Waals surface area contributed by atoms with Crippen molar-refractivity contribution in [2.45, 2.75) is 20.8 Å². The van der Waals surface area contributed by atoms with Crippen molar-refractivity contribution < 1.29 is 9.13 Å². The van der Waals surface area contributed by atoms with Gasteiger partial charge in [-0.25, -0.2) is 4.39 Å². The zero-order valence-electron chi connectivity index (χ0n) is 10.9. The number of aromatic nitrogens is 2. The summed E-state index contributed by atoms with van der Waals surface area (Å²) in [6, 6.07) is 6.81. The Hall–Kier alpha value is -2.48. The molecule has 5 heteroatoms. The molecule has 0 saturated carbocycles. The van der Waals surface area contributed by atoms with Crippen LogP contribution in [0.15, 0.2) is 18.2 Å². The summed E-state index contributed by atoms with van der Waals surface area (Å²) in [4.78, 5) is 0. The van der Waals surface area contributed by atoms with Gasteiger partial charge in [0.2, 0.25) is 0 Å². The molecule has 0 aliphatic rings. The van der Waals surface area contributed by atoms with Gasteiger partial charge in [0.05, 0.1) is 5.69 Å². The van der Waals surface area contributed by atoms with Crippen LogP contribution in [0.25, 0.3) is 0 Å². The fourth-order valence-electron chi connectivity index (χ4n) is 1.59. The molecule has 2 aromatic rings. The van der Waals surface area contributed by atoms with Gasteiger partial charge in [0.1, 0.15) is 11.6 Å². The molecule has 2 rings (SSSR count). The van der Waals surface area contributed by atoms with Gasteiger partial charge in [-0.05, 0) is 38.0 Å². The lowest BCUT2D eigenvalue weighted by molar-refractivity contribution is 0.417. The van der Waals surface area contributed by atoms with E-state index in [1.54, 1.807) is 32.9 Å². The normalized spacial score (nSPS) is 10.1. The van der Waals surface area contributed by atoms with Gasteiger partial charge in [-0.3, -0.25) is 0 Å². The maximum Gasteiger partial charge on any atom is 0.257 e. The number of benzene rings is 1. The van der Waals surface area contributed by atoms with Gasteiger partial charge in [0.15, 0.2) is 11.6 Å². The van der Waals surface area contributed by atoms with E-state index in [1.807, 2.05) is 6.07 Å². The predicted octanol–water partition coefficient (Wildman–Crippen LogP) is 3.20. The van der Waals surface area contributed by atoms with E-state index in [1.165, 1.54) is 6.07 Å². The largest absolute Gasteiger partial charge is 0.433 e. The molecule has 0 amide bonds. The quantitative estimate of drug-likeness (QED) is 0.828. The zero-order chi connectivity index (χ0) is 14.0. The minimum absolute atomic E-state index is 0.0232. The zero-order valence-corrected chi connectivity index (χ0v) is 10.9. The Labute approximate surface area is 110 Å². The molecule has 0 saturated heterocycles. The molecule has 0 N–H and O–H groups in total. The van der Waals surface area contributed by atoms with Crippen molar-refractivity contribution in [2.24, 2.45) is 0 Å². The highest BCUT2D eigenvalue weighted by Gasteiger charge is 2.15. The van der Waals surface area contributed by atoms with E-state index < -0.39 is 5.82 Å². The number of nitrogens with zero attached hydrogens (tertiary/aromatic N) is 3. The molecule has 0 aliphatic heterocycles. The van der Waals surface area contributed by atoms with E-state index in [0.717, 1.165) is 0 Å². The molecule has 0 unspecified atom stereocenters. The van der Waals surface area contributed by atoms with Gasteiger partial charge in [0.25, 0.3) is 5.88 Å². The molecule has 0 bridgehead atoms. The molecule has 0 spiro atoms. The summed E-state index contributed by atoms with van der Waals surface area (Å²) in [6.07, 6.45) is 0. The highest BCUT2D eigenvalue weighted by atomic mass is 19.1. The summed E-state index contributed by atoms with van der Waals surface area (Å²) in [5, 5.41) is 16.8. The van der Waals surface area contributed by atoms with Crippen LogP contribution < -0.4 is 4.74 Å². The third-order valence-electron chi connectivity index (χ3n) is 2.90. The van der Waals surface area contributed by atoms with Crippen molar-refractivity contribution in [1.29, 1.82) is 5.26 Å². The standard InChI is InChI=1S/C14H12FN3O/c1-8-5-4-6-12(13(8)15)19-14-11(7-16)9(2)10(3)17-18-14/h4-6H,1-3H3. The molecule has 19 heavy (non-hydrogen) atoms. The highest BCUT2D eigenvalue weighted by molar-refractivity contribution is 5.47. The molecule has 1 aromatic heterocycles. The van der Waals surface area contributed by atoms with Crippen LogP contribution >= 0.6 is 0 Å². The second-order valence-corrected chi connectivity index (χ2v) is 4.19. The monoisotopic (exact) mass is 257 g/mol. The molecule has 4 nitrogen and oxygen atoms in total. The number of hydrogen-bond donors (Lipinski definition) is 0. The molecule has 96 valence electrons. The fraction of sp³-hybridized carbons (Fsp3) is 0.214. The Morgan fingerprint density at radius 1 is 1.21 bits per heavy atom. The Morgan fingerprint density at radius 2 is 1.95 bits per heavy atom. The van der Waals surface area contributed by atoms with Crippen LogP contribution in [0.3, 0.4) is 0 Å². The average Bonchev–Trinajstić information content (AvgIpc) is 2.39. The second kappa shape index (κ2) is 5.02. The maximum atomic E-state index is 13.8. The highest BCUT2D eigenvalue weighted by Crippen LogP contribution is 2.28. The summed E-state index contributed by atoms with van der Waals surface area (Å²) in [7, 11) is 0. The first kappa shape index (κ1) is 13.0. The van der Waals surface area contributed by atoms with Gasteiger partial charge < -0.3 is 4.74 Å². The number of hydrogen-bond acceptors (Lipinski definition) is 4. The van der Waals surface area contributed by atoms with Crippen LogP contribution in [0.1, 0.15) is 22.4 Å². The number of halogens is 1. The third kappa shape index (κ3) is 2.38. The fourth-order valence-corrected chi connectivity index (χ4v) is 1.59. The van der Waals surface area contributed by atoms with Crippen LogP contribution in [-0.2, 0) is 0 Å². The SMILES string of the molecule is Cc1cccc(Oc2nnc(C)c(C)c2C#N)c1F. The second-order valence-electron chi connectivity index (χ2n) is 4.19. The average molecular weight is 257 g/mol. The first-order valence-corrected chi connectivity index (χ1v) is 5.71. The van der Waals surface area contributed by atoms with Crippen LogP contribution in [0, 0.1) is 37.9 Å². The Morgan fingerprint density at radius 3 is 2.63 bits per heavy atom. The molecular weight excluding hydrogens is 245 g/mol. The molecular formula is C14H12FN3O. The molecule has 1 heterocycles. The Bertz CT molecular complexity index is 677. The van der Waals surface area contributed by atoms with Gasteiger partial charge in [0, 0.05) is 0 Å². The van der Waals surface area contributed by atoms with E-state index in [0.29, 0.717) is 16.8 Å². The summed E-state index contributed by atoms with van der Waals surface area (Å²) in [5.74, 6) is -0.407. The van der Waals surface area contributed by atoms with E-state index >= 15 is 0 Å². The van der Waals surface area contributed by atoms with E-state index in [4.69, 9.17) is 10.00 Å². The number of nitriles is 1. The number of ether oxygens (including phenoxy) is 1. The van der Waals surface area contributed by atoms with Crippen molar-refractivity contribution in [3.05, 3.63) is 46.4 Å². The van der Waals surface area contributed by atoms with Crippen molar-refractivity contribution in [3.63, 3.8) is 0 Å². The topological polar surface area (TPSA) is 58.8 Å². The summed E-state index contributed by atoms with van der Waals surface area (Å²) >= 11 is 0. The first-order valence-electron chi connectivity index (χ1n) is 5.71. The Balaban J connectivity index is 2.48. The van der Waals surface area contributed by atoms with Crippen molar-refractivity contribution in [1.82, 2.24) is 10.2 Å². The lowest BCUT2D eigenvalue weighted by Gasteiger charge is -2.10. The number of rotatable bonds is 2. The van der Waals surface area contributed by atoms with Gasteiger partial charge in [-0.1, -0.05) is 12.1 Å². The maximum absolute atomic E-state index is 13.8. The van der Waals surface area contributed by atoms with Crippen LogP contribution in [0.4, 0.5) is 4.39 Å². The molecule has 0 fully saturated rings. The van der Waals surface area contributed by atoms with Gasteiger partial charge >= 0.3 is 0 Å².